The number of amides is 2. The molecule has 2 heterocycles. The molecule has 3 N–H and O–H groups in total. The largest absolute Gasteiger partial charge is 0.361 e. The number of para-hydroxylation sites is 1. The van der Waals surface area contributed by atoms with Crippen LogP contribution in [-0.2, 0) is 9.59 Å². The zero-order chi connectivity index (χ0) is 20.9. The lowest BCUT2D eigenvalue weighted by Crippen LogP contribution is -2.44. The fourth-order valence-corrected chi connectivity index (χ4v) is 3.13. The summed E-state index contributed by atoms with van der Waals surface area (Å²) in [6, 6.07) is 18.4. The first-order valence-electron chi connectivity index (χ1n) is 9.14. The highest BCUT2D eigenvalue weighted by Crippen LogP contribution is 2.23. The second-order valence-corrected chi connectivity index (χ2v) is 6.82. The van der Waals surface area contributed by atoms with Gasteiger partial charge < -0.3 is 16.0 Å². The van der Waals surface area contributed by atoms with E-state index in [0.29, 0.717) is 17.2 Å². The van der Waals surface area contributed by atoms with Crippen molar-refractivity contribution in [2.45, 2.75) is 6.17 Å². The van der Waals surface area contributed by atoms with Crippen LogP contribution in [0.15, 0.2) is 72.0 Å². The van der Waals surface area contributed by atoms with E-state index >= 15 is 0 Å². The highest BCUT2D eigenvalue weighted by Gasteiger charge is 2.26. The van der Waals surface area contributed by atoms with Crippen LogP contribution in [0.2, 0.25) is 5.15 Å². The highest BCUT2D eigenvalue weighted by atomic mass is 35.5. The maximum absolute atomic E-state index is 12.7. The van der Waals surface area contributed by atoms with E-state index in [9.17, 15) is 9.59 Å². The monoisotopic (exact) mass is 420 g/mol. The Hall–Kier alpha value is -3.78. The molecular formula is C21H17ClN6O2. The Kier molecular flexibility index (Phi) is 5.67. The Balaban J connectivity index is 1.56. The molecule has 1 aliphatic heterocycles. The van der Waals surface area contributed by atoms with Gasteiger partial charge in [-0.1, -0.05) is 60.1 Å². The molecule has 2 aromatic carbocycles. The van der Waals surface area contributed by atoms with Gasteiger partial charge in [-0.3, -0.25) is 9.59 Å². The van der Waals surface area contributed by atoms with Gasteiger partial charge >= 0.3 is 0 Å². The zero-order valence-electron chi connectivity index (χ0n) is 15.7. The zero-order valence-corrected chi connectivity index (χ0v) is 16.4. The number of hydrogen-bond acceptors (Lipinski definition) is 6. The van der Waals surface area contributed by atoms with Gasteiger partial charge in [0.15, 0.2) is 0 Å². The molecule has 2 amide bonds. The summed E-state index contributed by atoms with van der Waals surface area (Å²) in [6.45, 7) is -0.111. The van der Waals surface area contributed by atoms with E-state index in [0.717, 1.165) is 11.1 Å². The van der Waals surface area contributed by atoms with Crippen LogP contribution in [0.3, 0.4) is 0 Å². The number of halogens is 1. The number of benzene rings is 2. The molecule has 0 spiro atoms. The Morgan fingerprint density at radius 3 is 2.63 bits per heavy atom. The van der Waals surface area contributed by atoms with Gasteiger partial charge in [0, 0.05) is 17.2 Å². The SMILES string of the molecule is O=C(CNc1cc(Cl)ncn1)NC1N=C(c2ccccc2)c2ccccc2NC1=O. The Bertz CT molecular complexity index is 1120. The van der Waals surface area contributed by atoms with Gasteiger partial charge in [-0.2, -0.15) is 0 Å². The molecular weight excluding hydrogens is 404 g/mol. The van der Waals surface area contributed by atoms with Crippen molar-refractivity contribution >= 4 is 40.6 Å². The van der Waals surface area contributed by atoms with Crippen molar-refractivity contribution in [1.82, 2.24) is 15.3 Å². The summed E-state index contributed by atoms with van der Waals surface area (Å²) in [5.74, 6) is -0.449. The van der Waals surface area contributed by atoms with Crippen molar-refractivity contribution in [3.05, 3.63) is 83.3 Å². The molecule has 0 saturated heterocycles. The number of rotatable bonds is 5. The smallest absolute Gasteiger partial charge is 0.269 e. The van der Waals surface area contributed by atoms with Gasteiger partial charge in [0.2, 0.25) is 12.1 Å². The molecule has 9 heteroatoms. The van der Waals surface area contributed by atoms with E-state index in [-0.39, 0.29) is 11.7 Å². The van der Waals surface area contributed by atoms with Gasteiger partial charge in [0.25, 0.3) is 5.91 Å². The summed E-state index contributed by atoms with van der Waals surface area (Å²) >= 11 is 5.81. The van der Waals surface area contributed by atoms with E-state index in [1.165, 1.54) is 12.4 Å². The van der Waals surface area contributed by atoms with Crippen LogP contribution in [0.4, 0.5) is 11.5 Å². The van der Waals surface area contributed by atoms with Crippen LogP contribution < -0.4 is 16.0 Å². The van der Waals surface area contributed by atoms with E-state index in [2.05, 4.69) is 30.9 Å². The van der Waals surface area contributed by atoms with Gasteiger partial charge in [0.05, 0.1) is 17.9 Å². The number of hydrogen-bond donors (Lipinski definition) is 3. The van der Waals surface area contributed by atoms with Gasteiger partial charge in [-0.05, 0) is 6.07 Å². The summed E-state index contributed by atoms with van der Waals surface area (Å²) in [7, 11) is 0. The molecule has 0 fully saturated rings. The molecule has 1 aliphatic rings. The third-order valence-electron chi connectivity index (χ3n) is 4.36. The van der Waals surface area contributed by atoms with Crippen LogP contribution in [0.5, 0.6) is 0 Å². The fourth-order valence-electron chi connectivity index (χ4n) is 2.99. The van der Waals surface area contributed by atoms with Crippen LogP contribution >= 0.6 is 11.6 Å². The minimum atomic E-state index is -1.09. The predicted octanol–water partition coefficient (Wildman–Crippen LogP) is 2.47. The van der Waals surface area contributed by atoms with Crippen molar-refractivity contribution in [2.24, 2.45) is 4.99 Å². The molecule has 0 saturated carbocycles. The lowest BCUT2D eigenvalue weighted by Gasteiger charge is -2.14. The number of fused-ring (bicyclic) bond motifs is 1. The maximum atomic E-state index is 12.7. The predicted molar refractivity (Wildman–Crippen MR) is 115 cm³/mol. The second kappa shape index (κ2) is 8.71. The average Bonchev–Trinajstić information content (AvgIpc) is 2.89. The molecule has 8 nitrogen and oxygen atoms in total. The molecule has 0 aliphatic carbocycles. The van der Waals surface area contributed by atoms with Crippen LogP contribution in [0.25, 0.3) is 0 Å². The van der Waals surface area contributed by atoms with Crippen LogP contribution in [-0.4, -0.2) is 40.2 Å². The number of anilines is 2. The minimum absolute atomic E-state index is 0.111. The van der Waals surface area contributed by atoms with Crippen molar-refractivity contribution in [3.8, 4) is 0 Å². The molecule has 4 rings (SSSR count). The average molecular weight is 421 g/mol. The van der Waals surface area contributed by atoms with Gasteiger partial charge in [0.1, 0.15) is 17.3 Å². The summed E-state index contributed by atoms with van der Waals surface area (Å²) in [5, 5.41) is 8.58. The summed E-state index contributed by atoms with van der Waals surface area (Å²) in [4.78, 5) is 37.5. The van der Waals surface area contributed by atoms with Crippen molar-refractivity contribution in [1.29, 1.82) is 0 Å². The number of nitrogens with one attached hydrogen (secondary N) is 3. The lowest BCUT2D eigenvalue weighted by molar-refractivity contribution is -0.125. The van der Waals surface area contributed by atoms with Crippen molar-refractivity contribution < 1.29 is 9.59 Å². The second-order valence-electron chi connectivity index (χ2n) is 6.43. The third-order valence-corrected chi connectivity index (χ3v) is 4.56. The number of aliphatic imine (C=N–C) groups is 1. The molecule has 1 atom stereocenters. The first-order valence-corrected chi connectivity index (χ1v) is 9.52. The minimum Gasteiger partial charge on any atom is -0.361 e. The number of carbonyl (C=O) groups excluding carboxylic acids is 2. The van der Waals surface area contributed by atoms with E-state index < -0.39 is 18.0 Å². The number of aromatic nitrogens is 2. The van der Waals surface area contributed by atoms with Crippen molar-refractivity contribution in [3.63, 3.8) is 0 Å². The molecule has 0 bridgehead atoms. The first kappa shape index (κ1) is 19.5. The Labute approximate surface area is 177 Å². The topological polar surface area (TPSA) is 108 Å². The first-order chi connectivity index (χ1) is 14.6. The summed E-state index contributed by atoms with van der Waals surface area (Å²) < 4.78 is 0. The molecule has 3 aromatic rings. The summed E-state index contributed by atoms with van der Waals surface area (Å²) in [5.41, 5.74) is 2.87. The number of benzodiazepines with no additional fused rings is 1. The Morgan fingerprint density at radius 1 is 1.07 bits per heavy atom. The third kappa shape index (κ3) is 4.44. The standard InChI is InChI=1S/C21H17ClN6O2/c22-16-10-17(25-12-24-16)23-11-18(29)27-20-21(30)26-15-9-5-4-8-14(15)19(28-20)13-6-2-1-3-7-13/h1-10,12,20H,11H2,(H,26,30)(H,27,29)(H,23,24,25). The van der Waals surface area contributed by atoms with Gasteiger partial charge in [-0.15, -0.1) is 0 Å². The summed E-state index contributed by atoms with van der Waals surface area (Å²) in [6.07, 6.45) is 0.200. The van der Waals surface area contributed by atoms with Crippen LogP contribution in [0.1, 0.15) is 11.1 Å². The molecule has 0 radical (unpaired) electrons. The molecule has 1 unspecified atom stereocenters. The molecule has 150 valence electrons. The van der Waals surface area contributed by atoms with E-state index in [1.54, 1.807) is 6.07 Å². The maximum Gasteiger partial charge on any atom is 0.269 e. The normalized spacial score (nSPS) is 15.3. The van der Waals surface area contributed by atoms with E-state index in [4.69, 9.17) is 11.6 Å². The van der Waals surface area contributed by atoms with E-state index in [1.807, 2.05) is 48.5 Å². The van der Waals surface area contributed by atoms with Crippen LogP contribution in [0, 0.1) is 0 Å². The highest BCUT2D eigenvalue weighted by molar-refractivity contribution is 6.29. The molecule has 30 heavy (non-hydrogen) atoms. The number of carbonyl (C=O) groups is 2. The van der Waals surface area contributed by atoms with Crippen molar-refractivity contribution in [2.75, 3.05) is 17.2 Å². The lowest BCUT2D eigenvalue weighted by atomic mass is 10.0. The fraction of sp³-hybridized carbons (Fsp3) is 0.0952. The number of nitrogens with zero attached hydrogens (tertiary/aromatic N) is 3. The van der Waals surface area contributed by atoms with Gasteiger partial charge in [-0.25, -0.2) is 15.0 Å². The Morgan fingerprint density at radius 2 is 1.83 bits per heavy atom. The quantitative estimate of drug-likeness (QED) is 0.549. The molecule has 1 aromatic heterocycles.